The molecular weight excluding hydrogens is 284 g/mol. The Hall–Kier alpha value is -1.62. The number of nitrogens with zero attached hydrogens (tertiary/aromatic N) is 1. The van der Waals surface area contributed by atoms with Crippen molar-refractivity contribution < 1.29 is 9.90 Å². The molecule has 0 spiro atoms. The van der Waals surface area contributed by atoms with Crippen molar-refractivity contribution in [2.24, 2.45) is 0 Å². The average Bonchev–Trinajstić information content (AvgIpc) is 2.69. The van der Waals surface area contributed by atoms with Crippen molar-refractivity contribution >= 4 is 21.9 Å². The van der Waals surface area contributed by atoms with Gasteiger partial charge in [0, 0.05) is 17.7 Å². The lowest BCUT2D eigenvalue weighted by Gasteiger charge is -2.00. The fourth-order valence-electron chi connectivity index (χ4n) is 1.62. The Bertz CT molecular complexity index is 523. The summed E-state index contributed by atoms with van der Waals surface area (Å²) >= 11 is 3.27. The van der Waals surface area contributed by atoms with Crippen LogP contribution in [0, 0.1) is 0 Å². The van der Waals surface area contributed by atoms with E-state index in [0.717, 1.165) is 17.0 Å². The number of H-pyrrole nitrogens is 1. The highest BCUT2D eigenvalue weighted by Crippen LogP contribution is 2.24. The zero-order valence-electron chi connectivity index (χ0n) is 8.98. The molecule has 0 saturated heterocycles. The summed E-state index contributed by atoms with van der Waals surface area (Å²) in [7, 11) is 0. The quantitative estimate of drug-likeness (QED) is 0.911. The van der Waals surface area contributed by atoms with E-state index in [-0.39, 0.29) is 6.42 Å². The molecule has 0 aliphatic carbocycles. The third kappa shape index (κ3) is 2.94. The number of carboxylic acids is 1. The Labute approximate surface area is 107 Å². The first-order valence-electron chi connectivity index (χ1n) is 5.18. The smallest absolute Gasteiger partial charge is 0.303 e. The SMILES string of the molecule is O=C(O)CCc1[nH]c(Br)nc1-c1ccccc1. The molecule has 2 aromatic rings. The number of hydrogen-bond donors (Lipinski definition) is 2. The molecule has 88 valence electrons. The van der Waals surface area contributed by atoms with E-state index in [1.165, 1.54) is 0 Å². The Morgan fingerprint density at radius 1 is 1.35 bits per heavy atom. The van der Waals surface area contributed by atoms with Gasteiger partial charge in [0.05, 0.1) is 12.1 Å². The molecule has 17 heavy (non-hydrogen) atoms. The molecule has 4 nitrogen and oxygen atoms in total. The lowest BCUT2D eigenvalue weighted by molar-refractivity contribution is -0.136. The van der Waals surface area contributed by atoms with Crippen LogP contribution in [0.5, 0.6) is 0 Å². The fourth-order valence-corrected chi connectivity index (χ4v) is 2.04. The number of aromatic amines is 1. The molecule has 0 atom stereocenters. The van der Waals surface area contributed by atoms with Crippen LogP contribution in [0.4, 0.5) is 0 Å². The van der Waals surface area contributed by atoms with E-state index in [4.69, 9.17) is 5.11 Å². The molecule has 2 rings (SSSR count). The van der Waals surface area contributed by atoms with Gasteiger partial charge in [0.15, 0.2) is 4.73 Å². The molecule has 0 amide bonds. The lowest BCUT2D eigenvalue weighted by Crippen LogP contribution is -1.98. The van der Waals surface area contributed by atoms with Gasteiger partial charge in [-0.3, -0.25) is 4.79 Å². The number of aryl methyl sites for hydroxylation is 1. The van der Waals surface area contributed by atoms with Gasteiger partial charge >= 0.3 is 5.97 Å². The van der Waals surface area contributed by atoms with E-state index in [1.54, 1.807) is 0 Å². The summed E-state index contributed by atoms with van der Waals surface area (Å²) in [5.41, 5.74) is 2.62. The molecule has 1 heterocycles. The van der Waals surface area contributed by atoms with E-state index >= 15 is 0 Å². The van der Waals surface area contributed by atoms with E-state index < -0.39 is 5.97 Å². The Morgan fingerprint density at radius 2 is 2.06 bits per heavy atom. The predicted molar refractivity (Wildman–Crippen MR) is 67.7 cm³/mol. The molecule has 0 fully saturated rings. The van der Waals surface area contributed by atoms with Gasteiger partial charge in [0.1, 0.15) is 0 Å². The highest BCUT2D eigenvalue weighted by molar-refractivity contribution is 9.10. The standard InChI is InChI=1S/C12H11BrN2O2/c13-12-14-9(6-7-10(16)17)11(15-12)8-4-2-1-3-5-8/h1-5H,6-7H2,(H,14,15)(H,16,17). The van der Waals surface area contributed by atoms with Gasteiger partial charge in [0.25, 0.3) is 0 Å². The van der Waals surface area contributed by atoms with Gasteiger partial charge in [-0.1, -0.05) is 30.3 Å². The Kier molecular flexibility index (Phi) is 3.58. The van der Waals surface area contributed by atoms with Gasteiger partial charge in [-0.25, -0.2) is 4.98 Å². The summed E-state index contributed by atoms with van der Waals surface area (Å²) in [4.78, 5) is 17.9. The number of halogens is 1. The van der Waals surface area contributed by atoms with Crippen LogP contribution in [-0.4, -0.2) is 21.0 Å². The summed E-state index contributed by atoms with van der Waals surface area (Å²) in [6.07, 6.45) is 0.534. The van der Waals surface area contributed by atoms with Crippen molar-refractivity contribution in [2.45, 2.75) is 12.8 Å². The summed E-state index contributed by atoms with van der Waals surface area (Å²) in [6.45, 7) is 0. The minimum Gasteiger partial charge on any atom is -0.481 e. The second kappa shape index (κ2) is 5.14. The van der Waals surface area contributed by atoms with Crippen LogP contribution in [0.3, 0.4) is 0 Å². The van der Waals surface area contributed by atoms with Crippen molar-refractivity contribution in [3.8, 4) is 11.3 Å². The second-order valence-electron chi connectivity index (χ2n) is 3.61. The summed E-state index contributed by atoms with van der Waals surface area (Å²) < 4.78 is 0.622. The number of benzene rings is 1. The number of hydrogen-bond acceptors (Lipinski definition) is 2. The number of rotatable bonds is 4. The highest BCUT2D eigenvalue weighted by atomic mass is 79.9. The van der Waals surface area contributed by atoms with E-state index in [9.17, 15) is 4.79 Å². The molecule has 0 aliphatic rings. The van der Waals surface area contributed by atoms with Crippen LogP contribution >= 0.6 is 15.9 Å². The Morgan fingerprint density at radius 3 is 2.71 bits per heavy atom. The molecule has 5 heteroatoms. The van der Waals surface area contributed by atoms with Gasteiger partial charge in [-0.2, -0.15) is 0 Å². The largest absolute Gasteiger partial charge is 0.481 e. The van der Waals surface area contributed by atoms with E-state index in [0.29, 0.717) is 11.2 Å². The number of aromatic nitrogens is 2. The maximum Gasteiger partial charge on any atom is 0.303 e. The molecule has 0 aliphatic heterocycles. The van der Waals surface area contributed by atoms with Crippen LogP contribution in [0.25, 0.3) is 11.3 Å². The Balaban J connectivity index is 2.31. The number of carbonyl (C=O) groups is 1. The monoisotopic (exact) mass is 294 g/mol. The maximum atomic E-state index is 10.6. The van der Waals surface area contributed by atoms with Crippen LogP contribution in [0.1, 0.15) is 12.1 Å². The first-order chi connectivity index (χ1) is 8.16. The molecule has 1 aromatic heterocycles. The summed E-state index contributed by atoms with van der Waals surface area (Å²) in [5.74, 6) is -0.810. The fraction of sp³-hybridized carbons (Fsp3) is 0.167. The molecule has 1 aromatic carbocycles. The molecule has 0 saturated carbocycles. The first kappa shape index (κ1) is 11.9. The molecule has 0 unspecified atom stereocenters. The normalized spacial score (nSPS) is 10.4. The summed E-state index contributed by atoms with van der Waals surface area (Å²) in [5, 5.41) is 8.70. The lowest BCUT2D eigenvalue weighted by atomic mass is 10.1. The van der Waals surface area contributed by atoms with Gasteiger partial charge in [-0.05, 0) is 15.9 Å². The molecular formula is C12H11BrN2O2. The van der Waals surface area contributed by atoms with Crippen molar-refractivity contribution in [3.05, 3.63) is 40.8 Å². The molecule has 0 bridgehead atoms. The highest BCUT2D eigenvalue weighted by Gasteiger charge is 2.11. The van der Waals surface area contributed by atoms with Gasteiger partial charge in [0.2, 0.25) is 0 Å². The number of aliphatic carboxylic acids is 1. The second-order valence-corrected chi connectivity index (χ2v) is 4.37. The van der Waals surface area contributed by atoms with Crippen molar-refractivity contribution in [1.29, 1.82) is 0 Å². The van der Waals surface area contributed by atoms with Gasteiger partial charge < -0.3 is 10.1 Å². The minimum absolute atomic E-state index is 0.0917. The van der Waals surface area contributed by atoms with E-state index in [1.807, 2.05) is 30.3 Å². The van der Waals surface area contributed by atoms with Crippen LogP contribution in [-0.2, 0) is 11.2 Å². The summed E-state index contributed by atoms with van der Waals surface area (Å²) in [6, 6.07) is 9.69. The third-order valence-electron chi connectivity index (χ3n) is 2.39. The van der Waals surface area contributed by atoms with Crippen LogP contribution in [0.2, 0.25) is 0 Å². The number of nitrogens with one attached hydrogen (secondary N) is 1. The first-order valence-corrected chi connectivity index (χ1v) is 5.97. The van der Waals surface area contributed by atoms with Crippen molar-refractivity contribution in [2.75, 3.05) is 0 Å². The van der Waals surface area contributed by atoms with Crippen LogP contribution in [0.15, 0.2) is 35.1 Å². The average molecular weight is 295 g/mol. The third-order valence-corrected chi connectivity index (χ3v) is 2.76. The zero-order valence-corrected chi connectivity index (χ0v) is 10.6. The van der Waals surface area contributed by atoms with E-state index in [2.05, 4.69) is 25.9 Å². The topological polar surface area (TPSA) is 66.0 Å². The minimum atomic E-state index is -0.810. The number of carboxylic acid groups (broad SMARTS) is 1. The van der Waals surface area contributed by atoms with Crippen LogP contribution < -0.4 is 0 Å². The maximum absolute atomic E-state index is 10.6. The van der Waals surface area contributed by atoms with Crippen molar-refractivity contribution in [3.63, 3.8) is 0 Å². The predicted octanol–water partition coefficient (Wildman–Crippen LogP) is 2.86. The van der Waals surface area contributed by atoms with Gasteiger partial charge in [-0.15, -0.1) is 0 Å². The molecule has 2 N–H and O–H groups in total. The molecule has 0 radical (unpaired) electrons. The number of imidazole rings is 1. The zero-order chi connectivity index (χ0) is 12.3. The van der Waals surface area contributed by atoms with Crippen molar-refractivity contribution in [1.82, 2.24) is 9.97 Å².